The number of aliphatic hydroxyl groups is 1. The first kappa shape index (κ1) is 15.0. The van der Waals surface area contributed by atoms with Gasteiger partial charge in [-0.2, -0.15) is 11.3 Å². The lowest BCUT2D eigenvalue weighted by Gasteiger charge is -2.20. The third kappa shape index (κ3) is 3.37. The van der Waals surface area contributed by atoms with Crippen LogP contribution >= 0.6 is 11.3 Å². The van der Waals surface area contributed by atoms with Crippen molar-refractivity contribution in [3.05, 3.63) is 22.4 Å². The molecule has 1 aliphatic heterocycles. The van der Waals surface area contributed by atoms with Gasteiger partial charge >= 0.3 is 0 Å². The largest absolute Gasteiger partial charge is 0.387 e. The van der Waals surface area contributed by atoms with Crippen molar-refractivity contribution in [2.45, 2.75) is 32.4 Å². The number of hydrogen-bond acceptors (Lipinski definition) is 4. The number of thiophene rings is 1. The second-order valence-electron chi connectivity index (χ2n) is 5.36. The maximum absolute atomic E-state index is 12.0. The molecular formula is C14H20N2O3S. The molecule has 2 atom stereocenters. The zero-order chi connectivity index (χ0) is 14.7. The number of carbonyl (C=O) groups is 2. The fourth-order valence-electron chi connectivity index (χ4n) is 2.33. The molecule has 1 aromatic heterocycles. The van der Waals surface area contributed by atoms with Crippen molar-refractivity contribution in [2.24, 2.45) is 5.92 Å². The van der Waals surface area contributed by atoms with Crippen LogP contribution in [0.15, 0.2) is 16.8 Å². The maximum atomic E-state index is 12.0. The van der Waals surface area contributed by atoms with E-state index < -0.39 is 6.10 Å². The summed E-state index contributed by atoms with van der Waals surface area (Å²) in [6, 6.07) is 1.96. The molecule has 2 unspecified atom stereocenters. The zero-order valence-electron chi connectivity index (χ0n) is 11.7. The van der Waals surface area contributed by atoms with E-state index in [1.165, 1.54) is 11.3 Å². The van der Waals surface area contributed by atoms with Crippen LogP contribution in [0.5, 0.6) is 0 Å². The monoisotopic (exact) mass is 296 g/mol. The van der Waals surface area contributed by atoms with E-state index in [0.29, 0.717) is 6.54 Å². The zero-order valence-corrected chi connectivity index (χ0v) is 12.5. The number of carbonyl (C=O) groups excluding carboxylic acids is 2. The predicted octanol–water partition coefficient (Wildman–Crippen LogP) is 1.15. The van der Waals surface area contributed by atoms with Crippen LogP contribution in [0.1, 0.15) is 31.9 Å². The number of rotatable bonds is 5. The highest BCUT2D eigenvalue weighted by molar-refractivity contribution is 7.07. The highest BCUT2D eigenvalue weighted by Crippen LogP contribution is 2.21. The van der Waals surface area contributed by atoms with Crippen molar-refractivity contribution in [1.82, 2.24) is 10.2 Å². The lowest BCUT2D eigenvalue weighted by atomic mass is 10.1. The van der Waals surface area contributed by atoms with Gasteiger partial charge in [-0.1, -0.05) is 0 Å². The van der Waals surface area contributed by atoms with E-state index in [4.69, 9.17) is 0 Å². The topological polar surface area (TPSA) is 69.6 Å². The molecule has 2 amide bonds. The molecular weight excluding hydrogens is 276 g/mol. The van der Waals surface area contributed by atoms with Gasteiger partial charge in [0.15, 0.2) is 0 Å². The highest BCUT2D eigenvalue weighted by atomic mass is 32.1. The number of hydrogen-bond donors (Lipinski definition) is 2. The van der Waals surface area contributed by atoms with Crippen molar-refractivity contribution >= 4 is 23.2 Å². The Morgan fingerprint density at radius 2 is 2.35 bits per heavy atom. The molecule has 1 saturated heterocycles. The van der Waals surface area contributed by atoms with Crippen LogP contribution in [0.2, 0.25) is 0 Å². The Balaban J connectivity index is 1.83. The maximum Gasteiger partial charge on any atom is 0.225 e. The second kappa shape index (κ2) is 6.37. The summed E-state index contributed by atoms with van der Waals surface area (Å²) in [6.45, 7) is 4.54. The number of nitrogens with one attached hydrogen (secondary N) is 1. The summed E-state index contributed by atoms with van der Waals surface area (Å²) in [5, 5.41) is 16.4. The van der Waals surface area contributed by atoms with Crippen molar-refractivity contribution in [3.8, 4) is 0 Å². The molecule has 2 rings (SSSR count). The average molecular weight is 296 g/mol. The fourth-order valence-corrected chi connectivity index (χ4v) is 3.04. The standard InChI is InChI=1S/C14H20N2O3S/c1-9(2)16-7-11(5-13(16)18)14(19)15-6-12(17)10-3-4-20-8-10/h3-4,8-9,11-12,17H,5-7H2,1-2H3,(H,15,19). The van der Waals surface area contributed by atoms with Gasteiger partial charge in [-0.25, -0.2) is 0 Å². The number of aliphatic hydroxyl groups excluding tert-OH is 1. The van der Waals surface area contributed by atoms with E-state index in [1.54, 1.807) is 4.90 Å². The summed E-state index contributed by atoms with van der Waals surface area (Å²) in [4.78, 5) is 25.5. The van der Waals surface area contributed by atoms with Gasteiger partial charge in [-0.05, 0) is 36.2 Å². The molecule has 0 radical (unpaired) electrons. The van der Waals surface area contributed by atoms with Crippen LogP contribution < -0.4 is 5.32 Å². The molecule has 2 heterocycles. The van der Waals surface area contributed by atoms with Gasteiger partial charge in [0.1, 0.15) is 0 Å². The quantitative estimate of drug-likeness (QED) is 0.856. The van der Waals surface area contributed by atoms with Crippen molar-refractivity contribution < 1.29 is 14.7 Å². The van der Waals surface area contributed by atoms with E-state index in [9.17, 15) is 14.7 Å². The Kier molecular flexibility index (Phi) is 4.77. The minimum atomic E-state index is -0.691. The van der Waals surface area contributed by atoms with Crippen LogP contribution in [-0.2, 0) is 9.59 Å². The van der Waals surface area contributed by atoms with E-state index in [0.717, 1.165) is 5.56 Å². The Morgan fingerprint density at radius 1 is 1.60 bits per heavy atom. The number of nitrogens with zero attached hydrogens (tertiary/aromatic N) is 1. The van der Waals surface area contributed by atoms with Gasteiger partial charge in [0.25, 0.3) is 0 Å². The summed E-state index contributed by atoms with van der Waals surface area (Å²) in [5.41, 5.74) is 0.807. The molecule has 1 aliphatic rings. The molecule has 1 aromatic rings. The van der Waals surface area contributed by atoms with E-state index in [-0.39, 0.29) is 36.7 Å². The van der Waals surface area contributed by atoms with Gasteiger partial charge in [0, 0.05) is 25.6 Å². The van der Waals surface area contributed by atoms with Crippen LogP contribution in [0.25, 0.3) is 0 Å². The van der Waals surface area contributed by atoms with Gasteiger partial charge < -0.3 is 15.3 Å². The molecule has 20 heavy (non-hydrogen) atoms. The Hall–Kier alpha value is -1.40. The number of amides is 2. The molecule has 110 valence electrons. The summed E-state index contributed by atoms with van der Waals surface area (Å²) in [6.07, 6.45) is -0.429. The Labute approximate surface area is 122 Å². The summed E-state index contributed by atoms with van der Waals surface area (Å²) in [7, 11) is 0. The van der Waals surface area contributed by atoms with Gasteiger partial charge in [-0.15, -0.1) is 0 Å². The normalized spacial score (nSPS) is 20.5. The molecule has 0 aliphatic carbocycles. The molecule has 0 aromatic carbocycles. The lowest BCUT2D eigenvalue weighted by Crippen LogP contribution is -2.36. The second-order valence-corrected chi connectivity index (χ2v) is 6.14. The third-order valence-corrected chi connectivity index (χ3v) is 4.25. The molecule has 0 saturated carbocycles. The summed E-state index contributed by atoms with van der Waals surface area (Å²) < 4.78 is 0. The van der Waals surface area contributed by atoms with Crippen LogP contribution in [0.4, 0.5) is 0 Å². The molecule has 6 heteroatoms. The minimum Gasteiger partial charge on any atom is -0.387 e. The average Bonchev–Trinajstić information content (AvgIpc) is 3.04. The third-order valence-electron chi connectivity index (χ3n) is 3.55. The molecule has 0 spiro atoms. The van der Waals surface area contributed by atoms with Gasteiger partial charge in [-0.3, -0.25) is 9.59 Å². The van der Waals surface area contributed by atoms with Crippen molar-refractivity contribution in [1.29, 1.82) is 0 Å². The predicted molar refractivity (Wildman–Crippen MR) is 77.2 cm³/mol. The van der Waals surface area contributed by atoms with Crippen LogP contribution in [-0.4, -0.2) is 41.0 Å². The minimum absolute atomic E-state index is 0.0264. The Morgan fingerprint density at radius 3 is 2.90 bits per heavy atom. The van der Waals surface area contributed by atoms with Crippen molar-refractivity contribution in [2.75, 3.05) is 13.1 Å². The smallest absolute Gasteiger partial charge is 0.225 e. The molecule has 1 fully saturated rings. The molecule has 2 N–H and O–H groups in total. The van der Waals surface area contributed by atoms with E-state index in [2.05, 4.69) is 5.32 Å². The highest BCUT2D eigenvalue weighted by Gasteiger charge is 2.35. The summed E-state index contributed by atoms with van der Waals surface area (Å²) >= 11 is 1.51. The van der Waals surface area contributed by atoms with Crippen LogP contribution in [0, 0.1) is 5.92 Å². The first-order chi connectivity index (χ1) is 9.49. The lowest BCUT2D eigenvalue weighted by molar-refractivity contribution is -0.130. The molecule has 0 bridgehead atoms. The first-order valence-electron chi connectivity index (χ1n) is 6.76. The van der Waals surface area contributed by atoms with Gasteiger partial charge in [0.2, 0.25) is 11.8 Å². The first-order valence-corrected chi connectivity index (χ1v) is 7.70. The van der Waals surface area contributed by atoms with E-state index >= 15 is 0 Å². The van der Waals surface area contributed by atoms with Crippen molar-refractivity contribution in [3.63, 3.8) is 0 Å². The van der Waals surface area contributed by atoms with Crippen LogP contribution in [0.3, 0.4) is 0 Å². The van der Waals surface area contributed by atoms with E-state index in [1.807, 2.05) is 30.7 Å². The molecule has 5 nitrogen and oxygen atoms in total. The summed E-state index contributed by atoms with van der Waals surface area (Å²) in [5.74, 6) is -0.436. The fraction of sp³-hybridized carbons (Fsp3) is 0.571. The Bertz CT molecular complexity index is 473. The van der Waals surface area contributed by atoms with Gasteiger partial charge in [0.05, 0.1) is 12.0 Å². The SMILES string of the molecule is CC(C)N1CC(C(=O)NCC(O)c2ccsc2)CC1=O. The number of likely N-dealkylation sites (tertiary alicyclic amines) is 1.